The molecule has 3 aromatic rings. The lowest BCUT2D eigenvalue weighted by molar-refractivity contribution is -0.388. The third-order valence-corrected chi connectivity index (χ3v) is 14.2. The van der Waals surface area contributed by atoms with Crippen molar-refractivity contribution in [2.45, 2.75) is 96.4 Å². The highest BCUT2D eigenvalue weighted by atomic mass is 32.2. The third kappa shape index (κ3) is 9.64. The van der Waals surface area contributed by atoms with E-state index in [1.807, 2.05) is 31.1 Å². The van der Waals surface area contributed by atoms with Gasteiger partial charge in [0.1, 0.15) is 79.8 Å². The van der Waals surface area contributed by atoms with Crippen LogP contribution in [0.15, 0.2) is 65.6 Å². The molecule has 0 aliphatic carbocycles. The molecule has 0 radical (unpaired) electrons. The topological polar surface area (TPSA) is 292 Å². The number of aliphatic hydroxyl groups excluding tert-OH is 10. The van der Waals surface area contributed by atoms with Crippen molar-refractivity contribution in [2.24, 2.45) is 0 Å². The number of hydrogen-bond donors (Lipinski definition) is 10. The Morgan fingerprint density at radius 1 is 0.785 bits per heavy atom. The van der Waals surface area contributed by atoms with Crippen molar-refractivity contribution < 1.29 is 83.2 Å². The highest BCUT2D eigenvalue weighted by Crippen LogP contribution is 2.37. The van der Waals surface area contributed by atoms with Gasteiger partial charge in [-0.05, 0) is 30.3 Å². The first kappa shape index (κ1) is 49.0. The van der Waals surface area contributed by atoms with Crippen molar-refractivity contribution in [3.8, 4) is 24.2 Å². The van der Waals surface area contributed by atoms with Crippen LogP contribution in [0.25, 0.3) is 10.8 Å². The number of rotatable bonds is 12. The molecule has 0 saturated carbocycles. The Morgan fingerprint density at radius 3 is 2.09 bits per heavy atom. The first-order valence-corrected chi connectivity index (χ1v) is 22.4. The average molecular weight is 930 g/mol. The lowest BCUT2D eigenvalue weighted by Gasteiger charge is -2.47. The number of hydrogen-bond acceptors (Lipinski definition) is 19. The van der Waals surface area contributed by atoms with E-state index in [0.717, 1.165) is 11.1 Å². The molecule has 10 N–H and O–H groups in total. The van der Waals surface area contributed by atoms with Crippen molar-refractivity contribution in [2.75, 3.05) is 65.0 Å². The first-order chi connectivity index (χ1) is 31.0. The Kier molecular flexibility index (Phi) is 15.2. The standard InChI is InChI=1S/C44H55N3O17S/c1-4-24-8-5-9-25(20-24)14-15-29(46-16-18-47(19-17-46)65(58,59)32-13-7-10-26-27(32)11-6-12-28(26)45(2)3)40-37(54)36(53)38(55)42(62-40)60-22-31-33(50)35(52)39(56)43(61-31)64-44(23-49)41(57)34(51)30(21-48)63-44/h1,5-13,20,29-31,33-43,48-57H,16-19,21-23H2,2-3H3/t29?,30-,31-,33-,34-,35+,36+,37-,38-,39-,40-,41+,42+,43-,44+/m1/s1. The monoisotopic (exact) mass is 929 g/mol. The van der Waals surface area contributed by atoms with E-state index in [1.54, 1.807) is 53.4 Å². The van der Waals surface area contributed by atoms with E-state index in [2.05, 4.69) is 17.8 Å². The van der Waals surface area contributed by atoms with Gasteiger partial charge in [-0.2, -0.15) is 4.31 Å². The van der Waals surface area contributed by atoms with Crippen LogP contribution >= 0.6 is 0 Å². The predicted octanol–water partition coefficient (Wildman–Crippen LogP) is -3.94. The van der Waals surface area contributed by atoms with Gasteiger partial charge in [-0.15, -0.1) is 6.42 Å². The molecule has 4 fully saturated rings. The smallest absolute Gasteiger partial charge is 0.243 e. The molecule has 1 unspecified atom stereocenters. The van der Waals surface area contributed by atoms with Crippen LogP contribution < -0.4 is 4.90 Å². The van der Waals surface area contributed by atoms with Crippen molar-refractivity contribution in [3.63, 3.8) is 0 Å². The summed E-state index contributed by atoms with van der Waals surface area (Å²) in [4.78, 5) is 3.81. The minimum atomic E-state index is -4.03. The summed E-state index contributed by atoms with van der Waals surface area (Å²) >= 11 is 0. The molecule has 21 heteroatoms. The van der Waals surface area contributed by atoms with Gasteiger partial charge in [0.15, 0.2) is 12.6 Å². The molecule has 4 aliphatic rings. The Morgan fingerprint density at radius 2 is 1.43 bits per heavy atom. The number of benzene rings is 3. The molecule has 7 rings (SSSR count). The minimum absolute atomic E-state index is 0.00164. The highest BCUT2D eigenvalue weighted by Gasteiger charge is 2.59. The minimum Gasteiger partial charge on any atom is -0.394 e. The number of terminal acetylenes is 1. The van der Waals surface area contributed by atoms with Crippen molar-refractivity contribution in [1.82, 2.24) is 9.21 Å². The zero-order chi connectivity index (χ0) is 47.0. The fraction of sp³-hybridized carbons (Fsp3) is 0.545. The van der Waals surface area contributed by atoms with Gasteiger partial charge in [0.05, 0.1) is 18.1 Å². The lowest BCUT2D eigenvalue weighted by atomic mass is 9.92. The summed E-state index contributed by atoms with van der Waals surface area (Å²) in [7, 11) is -0.283. The summed E-state index contributed by atoms with van der Waals surface area (Å²) in [6.07, 6.45) is -17.6. The Labute approximate surface area is 375 Å². The summed E-state index contributed by atoms with van der Waals surface area (Å²) < 4.78 is 58.5. The maximum Gasteiger partial charge on any atom is 0.243 e. The lowest BCUT2D eigenvalue weighted by Crippen LogP contribution is -2.66. The molecule has 4 saturated heterocycles. The molecule has 65 heavy (non-hydrogen) atoms. The second-order valence-electron chi connectivity index (χ2n) is 16.6. The number of sulfonamides is 1. The second kappa shape index (κ2) is 20.1. The SMILES string of the molecule is C#Cc1cccc(C#CC([C@H]2O[C@H](OC[C@H]3O[C@H](O[C@]4(CO)O[C@H](CO)[C@@H](O)[C@@H]4O)[C@H](O)[C@@H](O)[C@@H]3O)[C@H](O)[C@@H](O)[C@H]2O)N2CCN(S(=O)(=O)c3cccc4c(N(C)C)cccc34)CC2)c1. The number of ether oxygens (including phenoxy) is 5. The maximum atomic E-state index is 14.3. The third-order valence-electron chi connectivity index (χ3n) is 12.3. The molecule has 15 atom stereocenters. The predicted molar refractivity (Wildman–Crippen MR) is 228 cm³/mol. The van der Waals surface area contributed by atoms with Gasteiger partial charge in [0.25, 0.3) is 0 Å². The van der Waals surface area contributed by atoms with Crippen LogP contribution in [0.4, 0.5) is 5.69 Å². The number of aliphatic hydroxyl groups is 10. The van der Waals surface area contributed by atoms with Crippen LogP contribution in [0, 0.1) is 24.2 Å². The Hall–Kier alpha value is -3.89. The van der Waals surface area contributed by atoms with Crippen LogP contribution in [0.5, 0.6) is 0 Å². The van der Waals surface area contributed by atoms with Gasteiger partial charge < -0.3 is 79.6 Å². The molecule has 4 aliphatic heterocycles. The maximum absolute atomic E-state index is 14.3. The quantitative estimate of drug-likeness (QED) is 0.0776. The van der Waals surface area contributed by atoms with Crippen LogP contribution in [0.3, 0.4) is 0 Å². The van der Waals surface area contributed by atoms with E-state index in [9.17, 15) is 59.5 Å². The first-order valence-electron chi connectivity index (χ1n) is 20.9. The van der Waals surface area contributed by atoms with Crippen molar-refractivity contribution in [3.05, 3.63) is 71.8 Å². The van der Waals surface area contributed by atoms with Gasteiger partial charge in [-0.3, -0.25) is 4.90 Å². The van der Waals surface area contributed by atoms with Gasteiger partial charge in [-0.1, -0.05) is 48.1 Å². The van der Waals surface area contributed by atoms with E-state index in [-0.39, 0.29) is 31.1 Å². The normalized spacial score (nSPS) is 35.3. The molecule has 3 aromatic carbocycles. The van der Waals surface area contributed by atoms with Crippen LogP contribution in [0.2, 0.25) is 0 Å². The molecule has 0 amide bonds. The number of nitrogens with zero attached hydrogens (tertiary/aromatic N) is 3. The fourth-order valence-corrected chi connectivity index (χ4v) is 10.2. The van der Waals surface area contributed by atoms with E-state index >= 15 is 0 Å². The molecule has 0 bridgehead atoms. The summed E-state index contributed by atoms with van der Waals surface area (Å²) in [5.41, 5.74) is 1.89. The van der Waals surface area contributed by atoms with Gasteiger partial charge >= 0.3 is 0 Å². The molecule has 0 spiro atoms. The molecule has 4 heterocycles. The Balaban J connectivity index is 1.11. The molecule has 20 nitrogen and oxygen atoms in total. The van der Waals surface area contributed by atoms with Gasteiger partial charge in [-0.25, -0.2) is 8.42 Å². The van der Waals surface area contributed by atoms with Crippen LogP contribution in [-0.4, -0.2) is 220 Å². The summed E-state index contributed by atoms with van der Waals surface area (Å²) in [5.74, 6) is 6.24. The number of anilines is 1. The highest BCUT2D eigenvalue weighted by molar-refractivity contribution is 7.89. The van der Waals surface area contributed by atoms with E-state index < -0.39 is 121 Å². The molecular weight excluding hydrogens is 875 g/mol. The number of fused-ring (bicyclic) bond motifs is 1. The Bertz CT molecular complexity index is 2350. The molecular formula is C44H55N3O17S. The zero-order valence-electron chi connectivity index (χ0n) is 35.5. The fourth-order valence-electron chi connectivity index (χ4n) is 8.55. The summed E-state index contributed by atoms with van der Waals surface area (Å²) in [5, 5.41) is 108. The van der Waals surface area contributed by atoms with Crippen LogP contribution in [-0.2, 0) is 33.7 Å². The van der Waals surface area contributed by atoms with E-state index in [1.165, 1.54) is 4.31 Å². The summed E-state index contributed by atoms with van der Waals surface area (Å²) in [6.45, 7) is -2.45. The molecule has 0 aromatic heterocycles. The number of piperazine rings is 1. The second-order valence-corrected chi connectivity index (χ2v) is 18.5. The van der Waals surface area contributed by atoms with Gasteiger partial charge in [0.2, 0.25) is 15.8 Å². The van der Waals surface area contributed by atoms with Crippen LogP contribution in [0.1, 0.15) is 11.1 Å². The largest absolute Gasteiger partial charge is 0.394 e. The van der Waals surface area contributed by atoms with Crippen molar-refractivity contribution >= 4 is 26.5 Å². The van der Waals surface area contributed by atoms with Gasteiger partial charge in [0, 0.05) is 67.9 Å². The summed E-state index contributed by atoms with van der Waals surface area (Å²) in [6, 6.07) is 16.3. The van der Waals surface area contributed by atoms with E-state index in [4.69, 9.17) is 30.1 Å². The zero-order valence-corrected chi connectivity index (χ0v) is 36.3. The van der Waals surface area contributed by atoms with Crippen molar-refractivity contribution in [1.29, 1.82) is 0 Å². The average Bonchev–Trinajstić information content (AvgIpc) is 3.56. The molecule has 354 valence electrons. The van der Waals surface area contributed by atoms with E-state index in [0.29, 0.717) is 16.5 Å².